The second-order valence-corrected chi connectivity index (χ2v) is 7.50. The topological polar surface area (TPSA) is 60.0 Å². The number of ether oxygens (including phenoxy) is 3. The molecule has 1 fully saturated rings. The van der Waals surface area contributed by atoms with Crippen LogP contribution in [0, 0.1) is 0 Å². The molecule has 0 bridgehead atoms. The number of carbonyl (C=O) groups excluding carboxylic acids is 1. The van der Waals surface area contributed by atoms with Crippen LogP contribution in [-0.2, 0) is 6.61 Å². The molecule has 30 heavy (non-hydrogen) atoms. The van der Waals surface area contributed by atoms with Gasteiger partial charge in [-0.3, -0.25) is 9.69 Å². The average Bonchev–Trinajstić information content (AvgIpc) is 3.32. The lowest BCUT2D eigenvalue weighted by Gasteiger charge is -2.26. The van der Waals surface area contributed by atoms with Gasteiger partial charge in [-0.2, -0.15) is 0 Å². The lowest BCUT2D eigenvalue weighted by molar-refractivity contribution is 0.0936. The number of methoxy groups -OCH3 is 2. The zero-order valence-electron chi connectivity index (χ0n) is 18.1. The fraction of sp³-hybridized carbons (Fsp3) is 0.458. The van der Waals surface area contributed by atoms with Crippen molar-refractivity contribution in [2.45, 2.75) is 38.8 Å². The first-order valence-electron chi connectivity index (χ1n) is 10.6. The van der Waals surface area contributed by atoms with Gasteiger partial charge in [0.05, 0.1) is 14.2 Å². The van der Waals surface area contributed by atoms with Gasteiger partial charge in [0.15, 0.2) is 11.5 Å². The molecule has 6 nitrogen and oxygen atoms in total. The summed E-state index contributed by atoms with van der Waals surface area (Å²) in [5, 5.41) is 3.07. The van der Waals surface area contributed by atoms with Crippen molar-refractivity contribution in [3.8, 4) is 17.2 Å². The molecule has 0 saturated carbocycles. The largest absolute Gasteiger partial charge is 0.493 e. The molecule has 1 saturated heterocycles. The predicted octanol–water partition coefficient (Wildman–Crippen LogP) is 3.89. The number of likely N-dealkylation sites (tertiary alicyclic amines) is 1. The Hall–Kier alpha value is -2.73. The fourth-order valence-corrected chi connectivity index (χ4v) is 3.83. The van der Waals surface area contributed by atoms with Crippen LogP contribution in [0.15, 0.2) is 42.5 Å². The molecule has 0 spiro atoms. The summed E-state index contributed by atoms with van der Waals surface area (Å²) in [6.07, 6.45) is 3.49. The van der Waals surface area contributed by atoms with Crippen LogP contribution in [0.2, 0.25) is 0 Å². The van der Waals surface area contributed by atoms with Gasteiger partial charge in [0.1, 0.15) is 6.61 Å². The summed E-state index contributed by atoms with van der Waals surface area (Å²) in [5.74, 6) is 1.30. The number of nitrogens with zero attached hydrogens (tertiary/aromatic N) is 1. The first-order valence-corrected chi connectivity index (χ1v) is 10.6. The summed E-state index contributed by atoms with van der Waals surface area (Å²) in [6.45, 7) is 5.41. The fourth-order valence-electron chi connectivity index (χ4n) is 3.83. The van der Waals surface area contributed by atoms with Crippen LogP contribution in [0.25, 0.3) is 0 Å². The second-order valence-electron chi connectivity index (χ2n) is 7.50. The van der Waals surface area contributed by atoms with Gasteiger partial charge in [0, 0.05) is 18.2 Å². The number of rotatable bonds is 10. The maximum absolute atomic E-state index is 12.8. The van der Waals surface area contributed by atoms with Crippen molar-refractivity contribution in [3.05, 3.63) is 53.6 Å². The minimum absolute atomic E-state index is 0.140. The van der Waals surface area contributed by atoms with Crippen LogP contribution in [0.1, 0.15) is 42.1 Å². The SMILES string of the molecule is CC[C@H](CNC(=O)c1cc(OC)c(OCc2ccccc2)c(OC)c1)N1CCCC1. The van der Waals surface area contributed by atoms with E-state index in [0.717, 1.165) is 25.1 Å². The van der Waals surface area contributed by atoms with Crippen molar-refractivity contribution in [1.29, 1.82) is 0 Å². The van der Waals surface area contributed by atoms with Crippen LogP contribution in [0.5, 0.6) is 17.2 Å². The van der Waals surface area contributed by atoms with E-state index >= 15 is 0 Å². The van der Waals surface area contributed by atoms with Crippen molar-refractivity contribution in [2.75, 3.05) is 33.9 Å². The number of amides is 1. The van der Waals surface area contributed by atoms with E-state index in [1.165, 1.54) is 12.8 Å². The lowest BCUT2D eigenvalue weighted by Crippen LogP contribution is -2.42. The summed E-state index contributed by atoms with van der Waals surface area (Å²) < 4.78 is 17.0. The van der Waals surface area contributed by atoms with Crippen molar-refractivity contribution in [3.63, 3.8) is 0 Å². The molecule has 6 heteroatoms. The number of nitrogens with one attached hydrogen (secondary N) is 1. The Balaban J connectivity index is 1.70. The molecule has 1 amide bonds. The van der Waals surface area contributed by atoms with Crippen LogP contribution >= 0.6 is 0 Å². The summed E-state index contributed by atoms with van der Waals surface area (Å²) in [7, 11) is 3.12. The van der Waals surface area contributed by atoms with Crippen molar-refractivity contribution < 1.29 is 19.0 Å². The molecular weight excluding hydrogens is 380 g/mol. The summed E-state index contributed by atoms with van der Waals surface area (Å²) in [6, 6.07) is 13.7. The molecule has 1 atom stereocenters. The van der Waals surface area contributed by atoms with Crippen LogP contribution in [0.4, 0.5) is 0 Å². The summed E-state index contributed by atoms with van der Waals surface area (Å²) in [4.78, 5) is 15.3. The Morgan fingerprint density at radius 1 is 1.07 bits per heavy atom. The van der Waals surface area contributed by atoms with Gasteiger partial charge in [0.25, 0.3) is 5.91 Å². The van der Waals surface area contributed by atoms with E-state index in [1.807, 2.05) is 30.3 Å². The molecular formula is C24H32N2O4. The molecule has 3 rings (SSSR count). The van der Waals surface area contributed by atoms with Crippen molar-refractivity contribution in [1.82, 2.24) is 10.2 Å². The van der Waals surface area contributed by atoms with E-state index in [0.29, 0.717) is 42.0 Å². The summed E-state index contributed by atoms with van der Waals surface area (Å²) >= 11 is 0. The van der Waals surface area contributed by atoms with Gasteiger partial charge >= 0.3 is 0 Å². The molecule has 2 aromatic rings. The van der Waals surface area contributed by atoms with E-state index in [2.05, 4.69) is 17.1 Å². The molecule has 1 N–H and O–H groups in total. The first kappa shape index (κ1) is 22.0. The van der Waals surface area contributed by atoms with Gasteiger partial charge in [-0.1, -0.05) is 37.3 Å². The first-order chi connectivity index (χ1) is 14.7. The molecule has 0 radical (unpaired) electrons. The maximum atomic E-state index is 12.8. The van der Waals surface area contributed by atoms with Gasteiger partial charge in [-0.15, -0.1) is 0 Å². The lowest BCUT2D eigenvalue weighted by atomic mass is 10.1. The Bertz CT molecular complexity index is 794. The highest BCUT2D eigenvalue weighted by atomic mass is 16.5. The third kappa shape index (κ3) is 5.45. The maximum Gasteiger partial charge on any atom is 0.251 e. The highest BCUT2D eigenvalue weighted by Gasteiger charge is 2.22. The predicted molar refractivity (Wildman–Crippen MR) is 118 cm³/mol. The van der Waals surface area contributed by atoms with Gasteiger partial charge in [-0.25, -0.2) is 0 Å². The smallest absolute Gasteiger partial charge is 0.251 e. The van der Waals surface area contributed by atoms with E-state index in [4.69, 9.17) is 14.2 Å². The summed E-state index contributed by atoms with van der Waals surface area (Å²) in [5.41, 5.74) is 1.53. The Morgan fingerprint density at radius 2 is 1.70 bits per heavy atom. The van der Waals surface area contributed by atoms with Crippen molar-refractivity contribution >= 4 is 5.91 Å². The Labute approximate surface area is 179 Å². The molecule has 1 aliphatic rings. The number of hydrogen-bond acceptors (Lipinski definition) is 5. The van der Waals surface area contributed by atoms with E-state index < -0.39 is 0 Å². The monoisotopic (exact) mass is 412 g/mol. The normalized spacial score (nSPS) is 14.9. The standard InChI is InChI=1S/C24H32N2O4/c1-4-20(26-12-8-9-13-26)16-25-24(27)19-14-21(28-2)23(22(15-19)29-3)30-17-18-10-6-5-7-11-18/h5-7,10-11,14-15,20H,4,8-9,12-13,16-17H2,1-3H3,(H,25,27)/t20-/m1/s1. The zero-order chi connectivity index (χ0) is 21.3. The van der Waals surface area contributed by atoms with E-state index in [9.17, 15) is 4.79 Å². The quantitative estimate of drug-likeness (QED) is 0.642. The van der Waals surface area contributed by atoms with E-state index in [1.54, 1.807) is 26.4 Å². The van der Waals surface area contributed by atoms with Gasteiger partial charge < -0.3 is 19.5 Å². The zero-order valence-corrected chi connectivity index (χ0v) is 18.1. The van der Waals surface area contributed by atoms with Crippen LogP contribution in [0.3, 0.4) is 0 Å². The number of carbonyl (C=O) groups is 1. The van der Waals surface area contributed by atoms with Crippen LogP contribution in [-0.4, -0.2) is 50.7 Å². The Morgan fingerprint density at radius 3 is 2.27 bits per heavy atom. The average molecular weight is 413 g/mol. The van der Waals surface area contributed by atoms with Crippen LogP contribution < -0.4 is 19.5 Å². The van der Waals surface area contributed by atoms with Gasteiger partial charge in [-0.05, 0) is 50.0 Å². The minimum Gasteiger partial charge on any atom is -0.493 e. The molecule has 2 aromatic carbocycles. The number of hydrogen-bond donors (Lipinski definition) is 1. The minimum atomic E-state index is -0.140. The number of benzene rings is 2. The molecule has 1 heterocycles. The van der Waals surface area contributed by atoms with Crippen molar-refractivity contribution in [2.24, 2.45) is 0 Å². The molecule has 0 aromatic heterocycles. The highest BCUT2D eigenvalue weighted by Crippen LogP contribution is 2.39. The Kier molecular flexibility index (Phi) is 7.97. The van der Waals surface area contributed by atoms with E-state index in [-0.39, 0.29) is 5.91 Å². The third-order valence-electron chi connectivity index (χ3n) is 5.58. The third-order valence-corrected chi connectivity index (χ3v) is 5.58. The highest BCUT2D eigenvalue weighted by molar-refractivity contribution is 5.95. The van der Waals surface area contributed by atoms with Gasteiger partial charge in [0.2, 0.25) is 5.75 Å². The molecule has 0 aliphatic carbocycles. The second kappa shape index (κ2) is 10.9. The molecule has 0 unspecified atom stereocenters. The molecule has 162 valence electrons. The molecule has 1 aliphatic heterocycles.